The molecule has 0 aliphatic carbocycles. The smallest absolute Gasteiger partial charge is 0.246 e. The maximum atomic E-state index is 12.2. The molecule has 0 unspecified atom stereocenters. The number of piperidine rings is 1. The molecule has 7 nitrogen and oxygen atoms in total. The second kappa shape index (κ2) is 5.79. The number of β-amino-alcohol motifs (C(OH)–C–C–N with tert-alkyl or cyclic N) is 1. The Bertz CT molecular complexity index is 609. The zero-order valence-electron chi connectivity index (χ0n) is 11.6. The van der Waals surface area contributed by atoms with Gasteiger partial charge in [0.05, 0.1) is 6.10 Å². The molecule has 1 aliphatic heterocycles. The van der Waals surface area contributed by atoms with Crippen LogP contribution in [0.25, 0.3) is 11.0 Å². The van der Waals surface area contributed by atoms with E-state index in [0.29, 0.717) is 13.0 Å². The van der Waals surface area contributed by atoms with Crippen molar-refractivity contribution in [2.45, 2.75) is 19.1 Å². The summed E-state index contributed by atoms with van der Waals surface area (Å²) in [6.07, 6.45) is -0.0601. The fourth-order valence-corrected chi connectivity index (χ4v) is 2.62. The average Bonchev–Trinajstić information content (AvgIpc) is 2.89. The highest BCUT2D eigenvalue weighted by Gasteiger charge is 2.29. The van der Waals surface area contributed by atoms with Crippen LogP contribution in [0.1, 0.15) is 6.42 Å². The maximum Gasteiger partial charge on any atom is 0.246 e. The molecule has 2 heterocycles. The number of carbonyl (C=O) groups excluding carboxylic acids is 1. The lowest BCUT2D eigenvalue weighted by Crippen LogP contribution is -2.48. The molecule has 112 valence electrons. The molecule has 2 aromatic rings. The number of aromatic nitrogens is 3. The molecule has 1 amide bonds. The minimum atomic E-state index is -0.669. The predicted molar refractivity (Wildman–Crippen MR) is 75.3 cm³/mol. The van der Waals surface area contributed by atoms with Gasteiger partial charge < -0.3 is 15.1 Å². The zero-order chi connectivity index (χ0) is 14.8. The molecule has 1 saturated heterocycles. The molecule has 3 rings (SSSR count). The highest BCUT2D eigenvalue weighted by atomic mass is 16.3. The summed E-state index contributed by atoms with van der Waals surface area (Å²) in [5, 5.41) is 27.5. The van der Waals surface area contributed by atoms with Gasteiger partial charge in [-0.25, -0.2) is 0 Å². The number of hydrogen-bond acceptors (Lipinski definition) is 5. The second-order valence-corrected chi connectivity index (χ2v) is 5.36. The number of nitrogens with zero attached hydrogens (tertiary/aromatic N) is 4. The first-order chi connectivity index (χ1) is 10.2. The van der Waals surface area contributed by atoms with Crippen molar-refractivity contribution < 1.29 is 15.0 Å². The quantitative estimate of drug-likeness (QED) is 0.805. The summed E-state index contributed by atoms with van der Waals surface area (Å²) >= 11 is 0. The standard InChI is InChI=1S/C14H18N4O3/c19-9-10-5-6-17(7-13(10)20)14(21)8-18-15-11-3-1-2-4-12(11)16-18/h1-4,10,13,19-20H,5-9H2/t10-,13+/m1/s1. The third kappa shape index (κ3) is 2.88. The van der Waals surface area contributed by atoms with E-state index in [9.17, 15) is 9.90 Å². The summed E-state index contributed by atoms with van der Waals surface area (Å²) in [6.45, 7) is 0.813. The Labute approximate surface area is 121 Å². The van der Waals surface area contributed by atoms with Crippen molar-refractivity contribution in [1.29, 1.82) is 0 Å². The minimum Gasteiger partial charge on any atom is -0.396 e. The molecular formula is C14H18N4O3. The zero-order valence-corrected chi connectivity index (χ0v) is 11.6. The Morgan fingerprint density at radius 2 is 1.95 bits per heavy atom. The number of carbonyl (C=O) groups is 1. The molecule has 0 bridgehead atoms. The fourth-order valence-electron chi connectivity index (χ4n) is 2.62. The van der Waals surface area contributed by atoms with Gasteiger partial charge in [-0.1, -0.05) is 12.1 Å². The van der Waals surface area contributed by atoms with Gasteiger partial charge in [-0.05, 0) is 18.6 Å². The number of aliphatic hydroxyl groups excluding tert-OH is 2. The molecule has 2 atom stereocenters. The van der Waals surface area contributed by atoms with Gasteiger partial charge >= 0.3 is 0 Å². The number of benzene rings is 1. The molecule has 21 heavy (non-hydrogen) atoms. The van der Waals surface area contributed by atoms with Crippen molar-refractivity contribution in [2.24, 2.45) is 5.92 Å². The van der Waals surface area contributed by atoms with Crippen LogP contribution in [0.15, 0.2) is 24.3 Å². The number of likely N-dealkylation sites (tertiary alicyclic amines) is 1. The van der Waals surface area contributed by atoms with E-state index in [1.807, 2.05) is 24.3 Å². The van der Waals surface area contributed by atoms with Crippen LogP contribution < -0.4 is 0 Å². The van der Waals surface area contributed by atoms with Gasteiger partial charge in [-0.15, -0.1) is 0 Å². The van der Waals surface area contributed by atoms with E-state index in [4.69, 9.17) is 5.11 Å². The minimum absolute atomic E-state index is 0.0463. The Morgan fingerprint density at radius 1 is 1.29 bits per heavy atom. The van der Waals surface area contributed by atoms with Crippen LogP contribution >= 0.6 is 0 Å². The van der Waals surface area contributed by atoms with Crippen LogP contribution in [0.2, 0.25) is 0 Å². The number of aliphatic hydroxyl groups is 2. The number of amides is 1. The lowest BCUT2D eigenvalue weighted by molar-refractivity contribution is -0.137. The largest absolute Gasteiger partial charge is 0.396 e. The Morgan fingerprint density at radius 3 is 2.52 bits per heavy atom. The topological polar surface area (TPSA) is 91.5 Å². The van der Waals surface area contributed by atoms with E-state index in [1.165, 1.54) is 4.80 Å². The van der Waals surface area contributed by atoms with Gasteiger partial charge in [0.2, 0.25) is 5.91 Å². The van der Waals surface area contributed by atoms with E-state index in [2.05, 4.69) is 10.2 Å². The number of hydrogen-bond donors (Lipinski definition) is 2. The first kappa shape index (κ1) is 14.0. The first-order valence-corrected chi connectivity index (χ1v) is 7.04. The number of fused-ring (bicyclic) bond motifs is 1. The first-order valence-electron chi connectivity index (χ1n) is 7.04. The van der Waals surface area contributed by atoms with Crippen LogP contribution in [0.3, 0.4) is 0 Å². The molecule has 1 aromatic carbocycles. The third-order valence-corrected chi connectivity index (χ3v) is 3.91. The lowest BCUT2D eigenvalue weighted by Gasteiger charge is -2.34. The molecule has 0 spiro atoms. The van der Waals surface area contributed by atoms with Crippen molar-refractivity contribution in [1.82, 2.24) is 19.9 Å². The summed E-state index contributed by atoms with van der Waals surface area (Å²) < 4.78 is 0. The Hall–Kier alpha value is -1.99. The maximum absolute atomic E-state index is 12.2. The molecule has 1 aromatic heterocycles. The van der Waals surface area contributed by atoms with E-state index in [1.54, 1.807) is 4.90 Å². The molecule has 7 heteroatoms. The molecule has 1 fully saturated rings. The highest BCUT2D eigenvalue weighted by Crippen LogP contribution is 2.17. The van der Waals surface area contributed by atoms with Crippen molar-refractivity contribution >= 4 is 16.9 Å². The van der Waals surface area contributed by atoms with Crippen molar-refractivity contribution in [3.63, 3.8) is 0 Å². The summed E-state index contributed by atoms with van der Waals surface area (Å²) in [7, 11) is 0. The van der Waals surface area contributed by atoms with Gasteiger partial charge in [-0.2, -0.15) is 15.0 Å². The Balaban J connectivity index is 1.66. The van der Waals surface area contributed by atoms with Gasteiger partial charge in [0.15, 0.2) is 0 Å². The highest BCUT2D eigenvalue weighted by molar-refractivity contribution is 5.77. The summed E-state index contributed by atoms with van der Waals surface area (Å²) in [5.41, 5.74) is 1.51. The average molecular weight is 290 g/mol. The van der Waals surface area contributed by atoms with Crippen LogP contribution in [0.4, 0.5) is 0 Å². The van der Waals surface area contributed by atoms with E-state index in [0.717, 1.165) is 11.0 Å². The van der Waals surface area contributed by atoms with E-state index in [-0.39, 0.29) is 31.5 Å². The lowest BCUT2D eigenvalue weighted by atomic mass is 9.95. The SMILES string of the molecule is O=C(Cn1nc2ccccc2n1)N1CC[C@H](CO)[C@@H](O)C1. The van der Waals surface area contributed by atoms with Crippen molar-refractivity contribution in [2.75, 3.05) is 19.7 Å². The summed E-state index contributed by atoms with van der Waals surface area (Å²) in [5.74, 6) is -0.259. The fraction of sp³-hybridized carbons (Fsp3) is 0.500. The summed E-state index contributed by atoms with van der Waals surface area (Å²) in [4.78, 5) is 15.2. The van der Waals surface area contributed by atoms with Crippen LogP contribution in [0.5, 0.6) is 0 Å². The predicted octanol–water partition coefficient (Wildman–Crippen LogP) is -0.367. The number of rotatable bonds is 3. The molecule has 1 aliphatic rings. The third-order valence-electron chi connectivity index (χ3n) is 3.91. The van der Waals surface area contributed by atoms with Crippen LogP contribution in [-0.2, 0) is 11.3 Å². The monoisotopic (exact) mass is 290 g/mol. The normalized spacial score (nSPS) is 22.7. The molecular weight excluding hydrogens is 272 g/mol. The van der Waals surface area contributed by atoms with Gasteiger partial charge in [0.1, 0.15) is 17.6 Å². The molecule has 2 N–H and O–H groups in total. The van der Waals surface area contributed by atoms with Crippen LogP contribution in [0, 0.1) is 5.92 Å². The second-order valence-electron chi connectivity index (χ2n) is 5.36. The van der Waals surface area contributed by atoms with E-state index >= 15 is 0 Å². The Kier molecular flexibility index (Phi) is 3.85. The van der Waals surface area contributed by atoms with Gasteiger partial charge in [0.25, 0.3) is 0 Å². The van der Waals surface area contributed by atoms with E-state index < -0.39 is 6.10 Å². The van der Waals surface area contributed by atoms with Crippen molar-refractivity contribution in [3.05, 3.63) is 24.3 Å². The summed E-state index contributed by atoms with van der Waals surface area (Å²) in [6, 6.07) is 7.44. The van der Waals surface area contributed by atoms with Gasteiger partial charge in [0, 0.05) is 25.6 Å². The van der Waals surface area contributed by atoms with Crippen LogP contribution in [-0.4, -0.2) is 61.8 Å². The van der Waals surface area contributed by atoms with Gasteiger partial charge in [-0.3, -0.25) is 4.79 Å². The van der Waals surface area contributed by atoms with Crippen molar-refractivity contribution in [3.8, 4) is 0 Å². The molecule has 0 saturated carbocycles. The molecule has 0 radical (unpaired) electrons.